The molecular formula is C14H18O4. The number of ether oxygens (including phenoxy) is 2. The van der Waals surface area contributed by atoms with Gasteiger partial charge in [0.25, 0.3) is 0 Å². The molecule has 0 fully saturated rings. The second-order valence-electron chi connectivity index (χ2n) is 4.17. The van der Waals surface area contributed by atoms with E-state index in [2.05, 4.69) is 0 Å². The average molecular weight is 250 g/mol. The fraction of sp³-hybridized carbons (Fsp3) is 0.429. The fourth-order valence-electron chi connectivity index (χ4n) is 1.67. The van der Waals surface area contributed by atoms with Gasteiger partial charge in [-0.05, 0) is 25.0 Å². The SMILES string of the molecule is CC(=O)OC(C)c1ccc(C(C)OC(C)=O)cc1. The number of rotatable bonds is 4. The normalized spacial score (nSPS) is 13.6. The van der Waals surface area contributed by atoms with Crippen LogP contribution in [0, 0.1) is 0 Å². The van der Waals surface area contributed by atoms with Crippen molar-refractivity contribution in [1.82, 2.24) is 0 Å². The van der Waals surface area contributed by atoms with Crippen molar-refractivity contribution in [1.29, 1.82) is 0 Å². The molecule has 0 radical (unpaired) electrons. The van der Waals surface area contributed by atoms with Crippen molar-refractivity contribution in [2.75, 3.05) is 0 Å². The highest BCUT2D eigenvalue weighted by Gasteiger charge is 2.11. The van der Waals surface area contributed by atoms with Crippen molar-refractivity contribution in [3.8, 4) is 0 Å². The lowest BCUT2D eigenvalue weighted by molar-refractivity contribution is -0.146. The summed E-state index contributed by atoms with van der Waals surface area (Å²) in [6.45, 7) is 6.39. The van der Waals surface area contributed by atoms with Crippen LogP contribution in [0.2, 0.25) is 0 Å². The molecule has 2 atom stereocenters. The molecule has 1 rings (SSSR count). The van der Waals surface area contributed by atoms with E-state index in [0.717, 1.165) is 11.1 Å². The summed E-state index contributed by atoms with van der Waals surface area (Å²) >= 11 is 0. The minimum Gasteiger partial charge on any atom is -0.458 e. The summed E-state index contributed by atoms with van der Waals surface area (Å²) < 4.78 is 10.2. The van der Waals surface area contributed by atoms with Gasteiger partial charge >= 0.3 is 11.9 Å². The van der Waals surface area contributed by atoms with Crippen LogP contribution >= 0.6 is 0 Å². The maximum absolute atomic E-state index is 10.8. The van der Waals surface area contributed by atoms with Gasteiger partial charge in [0, 0.05) is 13.8 Å². The van der Waals surface area contributed by atoms with Crippen molar-refractivity contribution in [3.63, 3.8) is 0 Å². The molecule has 0 saturated heterocycles. The van der Waals surface area contributed by atoms with Gasteiger partial charge in [-0.25, -0.2) is 0 Å². The van der Waals surface area contributed by atoms with Crippen LogP contribution in [0.1, 0.15) is 51.0 Å². The van der Waals surface area contributed by atoms with Gasteiger partial charge in [-0.15, -0.1) is 0 Å². The summed E-state index contributed by atoms with van der Waals surface area (Å²) in [6.07, 6.45) is -0.554. The molecule has 1 aromatic carbocycles. The van der Waals surface area contributed by atoms with Gasteiger partial charge in [0.1, 0.15) is 12.2 Å². The maximum atomic E-state index is 10.8. The summed E-state index contributed by atoms with van der Waals surface area (Å²) in [5.41, 5.74) is 1.81. The third kappa shape index (κ3) is 4.20. The second kappa shape index (κ2) is 6.19. The van der Waals surface area contributed by atoms with E-state index < -0.39 is 0 Å². The zero-order chi connectivity index (χ0) is 13.7. The van der Waals surface area contributed by atoms with Crippen molar-refractivity contribution >= 4 is 11.9 Å². The molecule has 0 saturated carbocycles. The molecule has 0 heterocycles. The van der Waals surface area contributed by atoms with Crippen molar-refractivity contribution < 1.29 is 19.1 Å². The van der Waals surface area contributed by atoms with Gasteiger partial charge in [0.05, 0.1) is 0 Å². The lowest BCUT2D eigenvalue weighted by Crippen LogP contribution is -2.07. The fourth-order valence-corrected chi connectivity index (χ4v) is 1.67. The van der Waals surface area contributed by atoms with E-state index in [9.17, 15) is 9.59 Å². The highest BCUT2D eigenvalue weighted by Crippen LogP contribution is 2.21. The highest BCUT2D eigenvalue weighted by molar-refractivity contribution is 5.66. The topological polar surface area (TPSA) is 52.6 Å². The third-order valence-electron chi connectivity index (χ3n) is 2.56. The highest BCUT2D eigenvalue weighted by atomic mass is 16.5. The Labute approximate surface area is 107 Å². The molecule has 0 aliphatic rings. The van der Waals surface area contributed by atoms with E-state index in [1.807, 2.05) is 38.1 Å². The number of hydrogen-bond donors (Lipinski definition) is 0. The van der Waals surface area contributed by atoms with Crippen LogP contribution in [0.25, 0.3) is 0 Å². The molecule has 0 aromatic heterocycles. The van der Waals surface area contributed by atoms with Crippen molar-refractivity contribution in [2.45, 2.75) is 39.9 Å². The molecule has 98 valence electrons. The summed E-state index contributed by atoms with van der Waals surface area (Å²) in [6, 6.07) is 7.46. The van der Waals surface area contributed by atoms with Gasteiger partial charge in [-0.3, -0.25) is 9.59 Å². The molecule has 0 aliphatic heterocycles. The van der Waals surface area contributed by atoms with E-state index in [1.165, 1.54) is 13.8 Å². The Hall–Kier alpha value is -1.84. The van der Waals surface area contributed by atoms with Gasteiger partial charge in [-0.1, -0.05) is 24.3 Å². The molecule has 0 spiro atoms. The zero-order valence-electron chi connectivity index (χ0n) is 11.1. The first-order valence-corrected chi connectivity index (χ1v) is 5.84. The first-order chi connectivity index (χ1) is 8.40. The molecule has 4 nitrogen and oxygen atoms in total. The van der Waals surface area contributed by atoms with Gasteiger partial charge < -0.3 is 9.47 Å². The monoisotopic (exact) mass is 250 g/mol. The number of esters is 2. The Morgan fingerprint density at radius 3 is 1.33 bits per heavy atom. The number of benzene rings is 1. The van der Waals surface area contributed by atoms with Crippen LogP contribution in [0.5, 0.6) is 0 Å². The predicted octanol–water partition coefficient (Wildman–Crippen LogP) is 2.93. The molecule has 18 heavy (non-hydrogen) atoms. The molecule has 0 amide bonds. The predicted molar refractivity (Wildman–Crippen MR) is 66.8 cm³/mol. The molecule has 0 bridgehead atoms. The minimum atomic E-state index is -0.306. The number of hydrogen-bond acceptors (Lipinski definition) is 4. The Morgan fingerprint density at radius 1 is 0.833 bits per heavy atom. The average Bonchev–Trinajstić information content (AvgIpc) is 2.27. The van der Waals surface area contributed by atoms with E-state index >= 15 is 0 Å². The summed E-state index contributed by atoms with van der Waals surface area (Å²) in [7, 11) is 0. The minimum absolute atomic E-state index is 0.277. The van der Waals surface area contributed by atoms with Crippen molar-refractivity contribution in [2.24, 2.45) is 0 Å². The van der Waals surface area contributed by atoms with E-state index in [0.29, 0.717) is 0 Å². The van der Waals surface area contributed by atoms with Crippen LogP contribution in [-0.2, 0) is 19.1 Å². The summed E-state index contributed by atoms with van der Waals surface area (Å²) in [5, 5.41) is 0. The maximum Gasteiger partial charge on any atom is 0.303 e. The van der Waals surface area contributed by atoms with Crippen LogP contribution < -0.4 is 0 Å². The Kier molecular flexibility index (Phi) is 4.89. The van der Waals surface area contributed by atoms with E-state index in [-0.39, 0.29) is 24.1 Å². The van der Waals surface area contributed by atoms with Crippen LogP contribution in [0.3, 0.4) is 0 Å². The number of carbonyl (C=O) groups excluding carboxylic acids is 2. The second-order valence-corrected chi connectivity index (χ2v) is 4.17. The van der Waals surface area contributed by atoms with Crippen LogP contribution in [-0.4, -0.2) is 11.9 Å². The van der Waals surface area contributed by atoms with E-state index in [4.69, 9.17) is 9.47 Å². The standard InChI is InChI=1S/C14H18O4/c1-9(17-11(3)15)13-5-7-14(8-6-13)10(2)18-12(4)16/h5-10H,1-4H3. The smallest absolute Gasteiger partial charge is 0.303 e. The van der Waals surface area contributed by atoms with Crippen LogP contribution in [0.4, 0.5) is 0 Å². The largest absolute Gasteiger partial charge is 0.458 e. The lowest BCUT2D eigenvalue weighted by atomic mass is 10.1. The quantitative estimate of drug-likeness (QED) is 0.771. The zero-order valence-corrected chi connectivity index (χ0v) is 11.1. The Balaban J connectivity index is 2.73. The van der Waals surface area contributed by atoms with Crippen LogP contribution in [0.15, 0.2) is 24.3 Å². The first-order valence-electron chi connectivity index (χ1n) is 5.84. The molecule has 2 unspecified atom stereocenters. The van der Waals surface area contributed by atoms with Crippen molar-refractivity contribution in [3.05, 3.63) is 35.4 Å². The van der Waals surface area contributed by atoms with Gasteiger partial charge in [0.15, 0.2) is 0 Å². The first kappa shape index (κ1) is 14.2. The molecule has 0 aliphatic carbocycles. The molecular weight excluding hydrogens is 232 g/mol. The summed E-state index contributed by atoms with van der Waals surface area (Å²) in [5.74, 6) is -0.611. The number of carbonyl (C=O) groups is 2. The Morgan fingerprint density at radius 2 is 1.11 bits per heavy atom. The summed E-state index contributed by atoms with van der Waals surface area (Å²) in [4.78, 5) is 21.7. The van der Waals surface area contributed by atoms with Gasteiger partial charge in [0.2, 0.25) is 0 Å². The molecule has 1 aromatic rings. The van der Waals surface area contributed by atoms with E-state index in [1.54, 1.807) is 0 Å². The Bertz CT molecular complexity index is 381. The molecule has 0 N–H and O–H groups in total. The van der Waals surface area contributed by atoms with Gasteiger partial charge in [-0.2, -0.15) is 0 Å². The third-order valence-corrected chi connectivity index (χ3v) is 2.56. The molecule has 4 heteroatoms. The lowest BCUT2D eigenvalue weighted by Gasteiger charge is -2.15.